The first-order valence-corrected chi connectivity index (χ1v) is 4.74. The quantitative estimate of drug-likeness (QED) is 0.477. The highest BCUT2D eigenvalue weighted by atomic mass is 16.3. The first-order chi connectivity index (χ1) is 5.66. The second kappa shape index (κ2) is 7.17. The fourth-order valence-electron chi connectivity index (χ4n) is 1.09. The second-order valence-electron chi connectivity index (χ2n) is 3.21. The number of hydrogen-bond donors (Lipinski definition) is 2. The van der Waals surface area contributed by atoms with Gasteiger partial charge in [0, 0.05) is 6.42 Å². The van der Waals surface area contributed by atoms with Crippen LogP contribution in [0.1, 0.15) is 46.0 Å². The minimum Gasteiger partial charge on any atom is -0.513 e. The van der Waals surface area contributed by atoms with E-state index >= 15 is 0 Å². The predicted octanol–water partition coefficient (Wildman–Crippen LogP) is 2.78. The minimum atomic E-state index is -0.531. The van der Waals surface area contributed by atoms with Crippen LogP contribution in [0.2, 0.25) is 0 Å². The molecule has 72 valence electrons. The highest BCUT2D eigenvalue weighted by Crippen LogP contribution is 2.08. The molecule has 0 bridgehead atoms. The number of rotatable bonds is 6. The largest absolute Gasteiger partial charge is 0.513 e. The molecule has 2 N–H and O–H groups in total. The van der Waals surface area contributed by atoms with Crippen LogP contribution < -0.4 is 0 Å². The molecule has 0 spiro atoms. The summed E-state index contributed by atoms with van der Waals surface area (Å²) in [5.41, 5.74) is 0. The van der Waals surface area contributed by atoms with Gasteiger partial charge in [-0.15, -0.1) is 0 Å². The second-order valence-corrected chi connectivity index (χ2v) is 3.21. The van der Waals surface area contributed by atoms with Gasteiger partial charge in [0.2, 0.25) is 0 Å². The van der Waals surface area contributed by atoms with Gasteiger partial charge in [0.05, 0.1) is 11.9 Å². The van der Waals surface area contributed by atoms with Gasteiger partial charge in [-0.3, -0.25) is 0 Å². The van der Waals surface area contributed by atoms with Gasteiger partial charge in [0.1, 0.15) is 0 Å². The standard InChI is InChI=1S/C10H20O2/c1-3-4-5-6-7-10(12)8-9(2)11/h8-9,11-12H,3-7H2,1-2H3. The molecule has 0 rings (SSSR count). The summed E-state index contributed by atoms with van der Waals surface area (Å²) < 4.78 is 0. The summed E-state index contributed by atoms with van der Waals surface area (Å²) >= 11 is 0. The third-order valence-electron chi connectivity index (χ3n) is 1.72. The lowest BCUT2D eigenvalue weighted by Crippen LogP contribution is -1.96. The molecular weight excluding hydrogens is 152 g/mol. The zero-order valence-electron chi connectivity index (χ0n) is 8.08. The van der Waals surface area contributed by atoms with Gasteiger partial charge < -0.3 is 10.2 Å². The minimum absolute atomic E-state index is 0.320. The van der Waals surface area contributed by atoms with Gasteiger partial charge >= 0.3 is 0 Å². The van der Waals surface area contributed by atoms with Crippen LogP contribution in [0.4, 0.5) is 0 Å². The van der Waals surface area contributed by atoms with E-state index in [-0.39, 0.29) is 0 Å². The Balaban J connectivity index is 3.37. The van der Waals surface area contributed by atoms with E-state index in [9.17, 15) is 5.11 Å². The van der Waals surface area contributed by atoms with E-state index in [0.29, 0.717) is 12.2 Å². The third kappa shape index (κ3) is 7.61. The molecule has 0 amide bonds. The molecule has 0 heterocycles. The van der Waals surface area contributed by atoms with E-state index in [0.717, 1.165) is 12.8 Å². The zero-order valence-corrected chi connectivity index (χ0v) is 8.08. The molecule has 1 unspecified atom stereocenters. The summed E-state index contributed by atoms with van der Waals surface area (Å²) in [6.45, 7) is 3.80. The van der Waals surface area contributed by atoms with Crippen LogP contribution in [0.3, 0.4) is 0 Å². The summed E-state index contributed by atoms with van der Waals surface area (Å²) in [5.74, 6) is 0.320. The fourth-order valence-corrected chi connectivity index (χ4v) is 1.09. The lowest BCUT2D eigenvalue weighted by Gasteiger charge is -2.01. The van der Waals surface area contributed by atoms with Crippen molar-refractivity contribution >= 4 is 0 Å². The zero-order chi connectivity index (χ0) is 9.40. The van der Waals surface area contributed by atoms with Gasteiger partial charge in [0.15, 0.2) is 0 Å². The maximum atomic E-state index is 9.22. The summed E-state index contributed by atoms with van der Waals surface area (Å²) in [5, 5.41) is 18.1. The van der Waals surface area contributed by atoms with Crippen LogP contribution in [0.25, 0.3) is 0 Å². The molecule has 2 nitrogen and oxygen atoms in total. The highest BCUT2D eigenvalue weighted by Gasteiger charge is 1.96. The van der Waals surface area contributed by atoms with E-state index in [1.807, 2.05) is 0 Å². The molecule has 0 fully saturated rings. The highest BCUT2D eigenvalue weighted by molar-refractivity contribution is 4.93. The molecule has 0 aromatic carbocycles. The van der Waals surface area contributed by atoms with E-state index in [4.69, 9.17) is 5.11 Å². The SMILES string of the molecule is CCCCCCC(O)=CC(C)O. The number of hydrogen-bond acceptors (Lipinski definition) is 2. The van der Waals surface area contributed by atoms with Crippen molar-refractivity contribution in [2.24, 2.45) is 0 Å². The van der Waals surface area contributed by atoms with Crippen LogP contribution in [-0.2, 0) is 0 Å². The summed E-state index contributed by atoms with van der Waals surface area (Å²) in [6, 6.07) is 0. The normalized spacial score (nSPS) is 14.8. The lowest BCUT2D eigenvalue weighted by molar-refractivity contribution is 0.235. The molecular formula is C10H20O2. The Morgan fingerprint density at radius 2 is 2.00 bits per heavy atom. The topological polar surface area (TPSA) is 40.5 Å². The maximum Gasteiger partial charge on any atom is 0.0908 e. The monoisotopic (exact) mass is 172 g/mol. The van der Waals surface area contributed by atoms with Crippen molar-refractivity contribution in [1.82, 2.24) is 0 Å². The Morgan fingerprint density at radius 3 is 2.50 bits per heavy atom. The van der Waals surface area contributed by atoms with E-state index in [1.54, 1.807) is 6.92 Å². The van der Waals surface area contributed by atoms with Crippen LogP contribution in [0.5, 0.6) is 0 Å². The first kappa shape index (κ1) is 11.5. The van der Waals surface area contributed by atoms with E-state index < -0.39 is 6.10 Å². The Kier molecular flexibility index (Phi) is 6.87. The molecule has 0 aromatic heterocycles. The van der Waals surface area contributed by atoms with Gasteiger partial charge in [0.25, 0.3) is 0 Å². The Bertz CT molecular complexity index is 128. The molecule has 0 saturated carbocycles. The average molecular weight is 172 g/mol. The lowest BCUT2D eigenvalue weighted by atomic mass is 10.1. The number of aliphatic hydroxyl groups is 2. The molecule has 0 aliphatic rings. The van der Waals surface area contributed by atoms with Crippen LogP contribution in [0, 0.1) is 0 Å². The van der Waals surface area contributed by atoms with Crippen molar-refractivity contribution in [3.8, 4) is 0 Å². The Hall–Kier alpha value is -0.500. The smallest absolute Gasteiger partial charge is 0.0908 e. The van der Waals surface area contributed by atoms with Crippen molar-refractivity contribution in [1.29, 1.82) is 0 Å². The van der Waals surface area contributed by atoms with Gasteiger partial charge in [-0.2, -0.15) is 0 Å². The fraction of sp³-hybridized carbons (Fsp3) is 0.800. The Morgan fingerprint density at radius 1 is 1.33 bits per heavy atom. The van der Waals surface area contributed by atoms with Crippen molar-refractivity contribution in [3.63, 3.8) is 0 Å². The summed E-state index contributed by atoms with van der Waals surface area (Å²) in [7, 11) is 0. The van der Waals surface area contributed by atoms with Gasteiger partial charge in [-0.25, -0.2) is 0 Å². The van der Waals surface area contributed by atoms with Crippen LogP contribution in [-0.4, -0.2) is 16.3 Å². The van der Waals surface area contributed by atoms with Crippen molar-refractivity contribution in [3.05, 3.63) is 11.8 Å². The maximum absolute atomic E-state index is 9.22. The molecule has 0 aliphatic carbocycles. The number of unbranched alkanes of at least 4 members (excludes halogenated alkanes) is 3. The molecule has 1 atom stereocenters. The summed E-state index contributed by atoms with van der Waals surface area (Å²) in [4.78, 5) is 0. The van der Waals surface area contributed by atoms with Crippen molar-refractivity contribution < 1.29 is 10.2 Å². The first-order valence-electron chi connectivity index (χ1n) is 4.74. The predicted molar refractivity (Wildman–Crippen MR) is 51.2 cm³/mol. The molecule has 0 saturated heterocycles. The Labute approximate surface area is 74.9 Å². The van der Waals surface area contributed by atoms with E-state index in [1.165, 1.54) is 18.9 Å². The molecule has 12 heavy (non-hydrogen) atoms. The number of allylic oxidation sites excluding steroid dienone is 1. The van der Waals surface area contributed by atoms with Crippen molar-refractivity contribution in [2.75, 3.05) is 0 Å². The number of aliphatic hydroxyl groups excluding tert-OH is 2. The summed E-state index contributed by atoms with van der Waals surface area (Å²) in [6.07, 6.45) is 6.27. The molecule has 0 aromatic rings. The van der Waals surface area contributed by atoms with Gasteiger partial charge in [-0.05, 0) is 19.4 Å². The third-order valence-corrected chi connectivity index (χ3v) is 1.72. The molecule has 0 aliphatic heterocycles. The van der Waals surface area contributed by atoms with Crippen LogP contribution in [0.15, 0.2) is 11.8 Å². The van der Waals surface area contributed by atoms with Crippen LogP contribution >= 0.6 is 0 Å². The van der Waals surface area contributed by atoms with Gasteiger partial charge in [-0.1, -0.05) is 26.2 Å². The van der Waals surface area contributed by atoms with Crippen molar-refractivity contribution in [2.45, 2.75) is 52.1 Å². The van der Waals surface area contributed by atoms with E-state index in [2.05, 4.69) is 6.92 Å². The molecule has 2 heteroatoms. The molecule has 0 radical (unpaired) electrons. The average Bonchev–Trinajstić information content (AvgIpc) is 1.97.